The van der Waals surface area contributed by atoms with Crippen LogP contribution in [0.3, 0.4) is 0 Å². The van der Waals surface area contributed by atoms with Gasteiger partial charge in [-0.25, -0.2) is 4.98 Å². The summed E-state index contributed by atoms with van der Waals surface area (Å²) in [5.74, 6) is 0.877. The lowest BCUT2D eigenvalue weighted by atomic mass is 10.5. The van der Waals surface area contributed by atoms with Crippen LogP contribution in [0.15, 0.2) is 11.3 Å². The maximum Gasteiger partial charge on any atom is 0.255 e. The van der Waals surface area contributed by atoms with E-state index in [0.717, 1.165) is 5.65 Å². The first-order valence-corrected chi connectivity index (χ1v) is 14.4. The monoisotopic (exact) mass is 355 g/mol. The number of aliphatic imine (C=N–C) groups is 1. The molecule has 0 saturated heterocycles. The van der Waals surface area contributed by atoms with Gasteiger partial charge in [-0.2, -0.15) is 15.0 Å². The number of halogens is 1. The zero-order chi connectivity index (χ0) is 16.7. The summed E-state index contributed by atoms with van der Waals surface area (Å²) in [6.07, 6.45) is 1.79. The zero-order valence-electron chi connectivity index (χ0n) is 14.1. The van der Waals surface area contributed by atoms with E-state index < -0.39 is 16.6 Å². The molecule has 0 aliphatic carbocycles. The minimum absolute atomic E-state index is 0.313. The van der Waals surface area contributed by atoms with Gasteiger partial charge in [0, 0.05) is 6.92 Å². The third kappa shape index (κ3) is 3.93. The van der Waals surface area contributed by atoms with Gasteiger partial charge in [-0.05, 0) is 19.6 Å². The molecular formula is C13H22ClN5OSi2. The lowest BCUT2D eigenvalue weighted by molar-refractivity contribution is 0.547. The Bertz CT molecular complexity index is 730. The summed E-state index contributed by atoms with van der Waals surface area (Å²) in [7, 11) is -3.34. The fraction of sp³-hybridized carbons (Fsp3) is 0.538. The average Bonchev–Trinajstić information content (AvgIpc) is 2.69. The van der Waals surface area contributed by atoms with E-state index in [9.17, 15) is 0 Å². The molecule has 9 heteroatoms. The summed E-state index contributed by atoms with van der Waals surface area (Å²) in [6, 6.07) is 0. The van der Waals surface area contributed by atoms with Gasteiger partial charge in [-0.1, -0.05) is 31.2 Å². The number of imidazole rings is 1. The van der Waals surface area contributed by atoms with E-state index in [2.05, 4.69) is 63.5 Å². The normalized spacial score (nSPS) is 13.7. The smallest absolute Gasteiger partial charge is 0.255 e. The minimum Gasteiger partial charge on any atom is -0.535 e. The second-order valence-corrected chi connectivity index (χ2v) is 16.7. The van der Waals surface area contributed by atoms with Gasteiger partial charge in [0.25, 0.3) is 5.95 Å². The van der Waals surface area contributed by atoms with Crippen molar-refractivity contribution in [1.29, 1.82) is 0 Å². The van der Waals surface area contributed by atoms with Crippen molar-refractivity contribution in [2.45, 2.75) is 46.2 Å². The molecule has 0 aliphatic rings. The van der Waals surface area contributed by atoms with E-state index >= 15 is 0 Å². The van der Waals surface area contributed by atoms with Crippen LogP contribution in [-0.4, -0.2) is 41.6 Å². The Morgan fingerprint density at radius 2 is 1.82 bits per heavy atom. The third-order valence-electron chi connectivity index (χ3n) is 2.78. The summed E-state index contributed by atoms with van der Waals surface area (Å²) < 4.78 is 7.93. The first kappa shape index (κ1) is 17.1. The van der Waals surface area contributed by atoms with Crippen LogP contribution in [0.1, 0.15) is 6.92 Å². The quantitative estimate of drug-likeness (QED) is 0.360. The molecule has 0 N–H and O–H groups in total. The van der Waals surface area contributed by atoms with Gasteiger partial charge < -0.3 is 8.66 Å². The highest BCUT2D eigenvalue weighted by molar-refractivity contribution is 6.75. The molecule has 0 radical (unpaired) electrons. The highest BCUT2D eigenvalue weighted by Gasteiger charge is 2.22. The van der Waals surface area contributed by atoms with E-state index in [4.69, 9.17) is 16.0 Å². The predicted octanol–water partition coefficient (Wildman–Crippen LogP) is 4.06. The summed E-state index contributed by atoms with van der Waals surface area (Å²) in [5, 5.41) is 0.321. The summed E-state index contributed by atoms with van der Waals surface area (Å²) >= 11 is 6.23. The van der Waals surface area contributed by atoms with E-state index in [1.54, 1.807) is 6.33 Å². The number of nitrogens with zero attached hydrogens (tertiary/aromatic N) is 5. The lowest BCUT2D eigenvalue weighted by Gasteiger charge is -2.19. The van der Waals surface area contributed by atoms with Crippen molar-refractivity contribution in [3.8, 4) is 0 Å². The molecule has 22 heavy (non-hydrogen) atoms. The van der Waals surface area contributed by atoms with Crippen LogP contribution in [0.4, 0.5) is 5.95 Å². The van der Waals surface area contributed by atoms with Crippen molar-refractivity contribution in [3.63, 3.8) is 0 Å². The lowest BCUT2D eigenvalue weighted by Crippen LogP contribution is -2.31. The van der Waals surface area contributed by atoms with E-state index in [0.29, 0.717) is 22.5 Å². The third-order valence-corrected chi connectivity index (χ3v) is 5.72. The highest BCUT2D eigenvalue weighted by Crippen LogP contribution is 2.24. The van der Waals surface area contributed by atoms with Crippen LogP contribution in [-0.2, 0) is 4.43 Å². The summed E-state index contributed by atoms with van der Waals surface area (Å²) in [4.78, 5) is 17.4. The number of rotatable bonds is 3. The molecule has 2 aromatic rings. The average molecular weight is 356 g/mol. The first-order chi connectivity index (χ1) is 9.97. The minimum atomic E-state index is -1.70. The highest BCUT2D eigenvalue weighted by atomic mass is 35.5. The second-order valence-electron chi connectivity index (χ2n) is 7.12. The Balaban J connectivity index is 2.51. The summed E-state index contributed by atoms with van der Waals surface area (Å²) in [5.41, 5.74) is 1.35. The molecule has 0 aliphatic heterocycles. The molecule has 0 aromatic carbocycles. The first-order valence-electron chi connectivity index (χ1n) is 7.13. The largest absolute Gasteiger partial charge is 0.535 e. The topological polar surface area (TPSA) is 65.2 Å². The van der Waals surface area contributed by atoms with Crippen molar-refractivity contribution in [3.05, 3.63) is 11.5 Å². The predicted molar refractivity (Wildman–Crippen MR) is 96.3 cm³/mol. The molecule has 0 bridgehead atoms. The summed E-state index contributed by atoms with van der Waals surface area (Å²) in [6.45, 7) is 14.8. The van der Waals surface area contributed by atoms with Crippen LogP contribution in [0.2, 0.25) is 44.4 Å². The van der Waals surface area contributed by atoms with Gasteiger partial charge in [-0.3, -0.25) is 0 Å². The molecule has 0 unspecified atom stereocenters. The Labute approximate surface area is 137 Å². The molecule has 2 aromatic heterocycles. The van der Waals surface area contributed by atoms with Gasteiger partial charge in [0.15, 0.2) is 24.9 Å². The van der Waals surface area contributed by atoms with Gasteiger partial charge in [-0.15, -0.1) is 0 Å². The van der Waals surface area contributed by atoms with Gasteiger partial charge in [0.1, 0.15) is 5.52 Å². The van der Waals surface area contributed by atoms with Crippen LogP contribution >= 0.6 is 11.6 Å². The number of aromatic nitrogens is 4. The Hall–Kier alpha value is -1.26. The maximum atomic E-state index is 6.23. The Morgan fingerprint density at radius 1 is 1.18 bits per heavy atom. The molecular weight excluding hydrogens is 334 g/mol. The fourth-order valence-corrected chi connectivity index (χ4v) is 4.34. The number of hydrogen-bond donors (Lipinski definition) is 0. The maximum absolute atomic E-state index is 6.23. The van der Waals surface area contributed by atoms with Crippen LogP contribution in [0, 0.1) is 0 Å². The molecule has 120 valence electrons. The molecule has 6 nitrogen and oxygen atoms in total. The van der Waals surface area contributed by atoms with Crippen molar-refractivity contribution < 1.29 is 4.43 Å². The molecule has 2 rings (SSSR count). The van der Waals surface area contributed by atoms with Crippen molar-refractivity contribution in [2.75, 3.05) is 0 Å². The number of fused-ring (bicyclic) bond motifs is 1. The number of hydrogen-bond acceptors (Lipinski definition) is 5. The molecule has 0 atom stereocenters. The van der Waals surface area contributed by atoms with Crippen LogP contribution < -0.4 is 0 Å². The Morgan fingerprint density at radius 3 is 2.36 bits per heavy atom. The second kappa shape index (κ2) is 5.75. The van der Waals surface area contributed by atoms with Gasteiger partial charge >= 0.3 is 0 Å². The van der Waals surface area contributed by atoms with E-state index in [-0.39, 0.29) is 0 Å². The van der Waals surface area contributed by atoms with Crippen molar-refractivity contribution >= 4 is 51.2 Å². The molecule has 0 spiro atoms. The fourth-order valence-electron chi connectivity index (χ4n) is 2.00. The molecule has 0 saturated carbocycles. The molecule has 0 fully saturated rings. The van der Waals surface area contributed by atoms with E-state index in [1.807, 2.05) is 6.92 Å². The van der Waals surface area contributed by atoms with Crippen LogP contribution in [0.25, 0.3) is 11.2 Å². The van der Waals surface area contributed by atoms with Gasteiger partial charge in [0.2, 0.25) is 8.32 Å². The van der Waals surface area contributed by atoms with Crippen molar-refractivity contribution in [2.24, 2.45) is 4.99 Å². The van der Waals surface area contributed by atoms with Crippen molar-refractivity contribution in [1.82, 2.24) is 19.2 Å². The van der Waals surface area contributed by atoms with E-state index in [1.165, 1.54) is 0 Å². The Kier molecular flexibility index (Phi) is 4.47. The molecule has 0 amide bonds. The van der Waals surface area contributed by atoms with Gasteiger partial charge in [0.05, 0.1) is 6.33 Å². The molecule has 2 heterocycles. The van der Waals surface area contributed by atoms with Crippen LogP contribution in [0.5, 0.6) is 0 Å². The SMILES string of the molecule is C/C(=N/c1nc(Cl)c2ncn([Si](C)(C)C)c2n1)O[Si](C)(C)C. The standard InChI is InChI=1S/C13H22ClN5OSi2/c1-9(20-22(5,6)7)16-13-17-11(14)10-12(18-13)19(8-15-10)21(2,3)4/h8H,1-7H3/b16-9-. The zero-order valence-corrected chi connectivity index (χ0v) is 16.9.